The van der Waals surface area contributed by atoms with Crippen molar-refractivity contribution in [3.63, 3.8) is 0 Å². The first-order chi connectivity index (χ1) is 8.21. The maximum atomic E-state index is 5.45. The molecule has 102 valence electrons. The van der Waals surface area contributed by atoms with Crippen molar-refractivity contribution in [2.24, 2.45) is 11.8 Å². The third-order valence-corrected chi connectivity index (χ3v) is 4.36. The Labute approximate surface area is 108 Å². The molecule has 0 aliphatic heterocycles. The molecule has 2 nitrogen and oxygen atoms in total. The molecule has 4 atom stereocenters. The Morgan fingerprint density at radius 3 is 2.65 bits per heavy atom. The van der Waals surface area contributed by atoms with E-state index in [0.29, 0.717) is 6.10 Å². The van der Waals surface area contributed by atoms with Gasteiger partial charge in [-0.2, -0.15) is 0 Å². The van der Waals surface area contributed by atoms with Gasteiger partial charge in [-0.05, 0) is 57.4 Å². The Kier molecular flexibility index (Phi) is 7.14. The summed E-state index contributed by atoms with van der Waals surface area (Å²) in [4.78, 5) is 0. The predicted molar refractivity (Wildman–Crippen MR) is 74.3 cm³/mol. The van der Waals surface area contributed by atoms with Crippen molar-refractivity contribution in [2.75, 3.05) is 13.7 Å². The molecule has 1 aliphatic carbocycles. The second-order valence-corrected chi connectivity index (χ2v) is 5.69. The van der Waals surface area contributed by atoms with Crippen molar-refractivity contribution >= 4 is 0 Å². The minimum atomic E-state index is 0.404. The van der Waals surface area contributed by atoms with Crippen molar-refractivity contribution in [2.45, 2.75) is 71.4 Å². The van der Waals surface area contributed by atoms with Crippen molar-refractivity contribution in [3.05, 3.63) is 0 Å². The molecule has 0 aromatic carbocycles. The Morgan fingerprint density at radius 2 is 2.06 bits per heavy atom. The predicted octanol–water partition coefficient (Wildman–Crippen LogP) is 3.61. The molecule has 0 heterocycles. The highest BCUT2D eigenvalue weighted by Crippen LogP contribution is 2.34. The smallest absolute Gasteiger partial charge is 0.0546 e. The molecule has 0 saturated heterocycles. The Balaban J connectivity index is 2.48. The Morgan fingerprint density at radius 1 is 1.29 bits per heavy atom. The van der Waals surface area contributed by atoms with Crippen LogP contribution in [0.15, 0.2) is 0 Å². The monoisotopic (exact) mass is 241 g/mol. The molecule has 1 N–H and O–H groups in total. The van der Waals surface area contributed by atoms with Gasteiger partial charge in [0.1, 0.15) is 0 Å². The van der Waals surface area contributed by atoms with Gasteiger partial charge in [0.25, 0.3) is 0 Å². The molecule has 0 bridgehead atoms. The van der Waals surface area contributed by atoms with E-state index in [1.807, 2.05) is 7.11 Å². The van der Waals surface area contributed by atoms with Gasteiger partial charge >= 0.3 is 0 Å². The van der Waals surface area contributed by atoms with E-state index in [-0.39, 0.29) is 0 Å². The molecular weight excluding hydrogens is 210 g/mol. The second-order valence-electron chi connectivity index (χ2n) is 5.69. The Bertz CT molecular complexity index is 193. The fourth-order valence-corrected chi connectivity index (χ4v) is 3.11. The van der Waals surface area contributed by atoms with Gasteiger partial charge in [0.05, 0.1) is 6.10 Å². The molecule has 17 heavy (non-hydrogen) atoms. The molecule has 1 rings (SSSR count). The van der Waals surface area contributed by atoms with Crippen LogP contribution in [0.2, 0.25) is 0 Å². The second kappa shape index (κ2) is 8.10. The summed E-state index contributed by atoms with van der Waals surface area (Å²) in [5.41, 5.74) is 0. The summed E-state index contributed by atoms with van der Waals surface area (Å²) in [6.07, 6.45) is 8.37. The van der Waals surface area contributed by atoms with Crippen molar-refractivity contribution in [1.29, 1.82) is 0 Å². The van der Waals surface area contributed by atoms with Gasteiger partial charge in [-0.15, -0.1) is 0 Å². The summed E-state index contributed by atoms with van der Waals surface area (Å²) in [5, 5.41) is 3.74. The van der Waals surface area contributed by atoms with E-state index in [1.165, 1.54) is 45.1 Å². The molecule has 1 aliphatic rings. The third-order valence-electron chi connectivity index (χ3n) is 4.36. The largest absolute Gasteiger partial charge is 0.382 e. The molecule has 0 amide bonds. The minimum Gasteiger partial charge on any atom is -0.382 e. The summed E-state index contributed by atoms with van der Waals surface area (Å²) >= 11 is 0. The van der Waals surface area contributed by atoms with Gasteiger partial charge < -0.3 is 10.1 Å². The normalized spacial score (nSPS) is 31.4. The third kappa shape index (κ3) is 4.97. The lowest BCUT2D eigenvalue weighted by Crippen LogP contribution is -2.42. The lowest BCUT2D eigenvalue weighted by molar-refractivity contribution is 0.0700. The van der Waals surface area contributed by atoms with Crippen LogP contribution >= 0.6 is 0 Å². The highest BCUT2D eigenvalue weighted by molar-refractivity contribution is 4.85. The van der Waals surface area contributed by atoms with Crippen molar-refractivity contribution in [3.8, 4) is 0 Å². The first-order valence-corrected chi connectivity index (χ1v) is 7.47. The van der Waals surface area contributed by atoms with E-state index < -0.39 is 0 Å². The summed E-state index contributed by atoms with van der Waals surface area (Å²) in [5.74, 6) is 1.76. The SMILES string of the molecule is CCCNC1CCC(CC)CC1CC(C)OC. The number of ether oxygens (including phenoxy) is 1. The van der Waals surface area contributed by atoms with E-state index in [1.54, 1.807) is 0 Å². The lowest BCUT2D eigenvalue weighted by Gasteiger charge is -2.37. The van der Waals surface area contributed by atoms with Crippen molar-refractivity contribution in [1.82, 2.24) is 5.32 Å². The van der Waals surface area contributed by atoms with E-state index in [4.69, 9.17) is 4.74 Å². The zero-order valence-electron chi connectivity index (χ0n) is 12.2. The van der Waals surface area contributed by atoms with Crippen LogP contribution in [0.25, 0.3) is 0 Å². The van der Waals surface area contributed by atoms with Crippen LogP contribution in [0.3, 0.4) is 0 Å². The maximum absolute atomic E-state index is 5.45. The number of hydrogen-bond donors (Lipinski definition) is 1. The van der Waals surface area contributed by atoms with Gasteiger partial charge in [0, 0.05) is 13.2 Å². The highest BCUT2D eigenvalue weighted by Gasteiger charge is 2.30. The summed E-state index contributed by atoms with van der Waals surface area (Å²) < 4.78 is 5.45. The zero-order valence-corrected chi connectivity index (χ0v) is 12.2. The zero-order chi connectivity index (χ0) is 12.7. The summed E-state index contributed by atoms with van der Waals surface area (Å²) in [6, 6.07) is 0.732. The van der Waals surface area contributed by atoms with Crippen LogP contribution in [0.4, 0.5) is 0 Å². The van der Waals surface area contributed by atoms with Crippen LogP contribution < -0.4 is 5.32 Å². The lowest BCUT2D eigenvalue weighted by atomic mass is 9.74. The first-order valence-electron chi connectivity index (χ1n) is 7.47. The molecule has 0 aromatic heterocycles. The van der Waals surface area contributed by atoms with Crippen molar-refractivity contribution < 1.29 is 4.74 Å². The van der Waals surface area contributed by atoms with Gasteiger partial charge in [0.2, 0.25) is 0 Å². The fraction of sp³-hybridized carbons (Fsp3) is 1.00. The molecule has 0 aromatic rings. The van der Waals surface area contributed by atoms with Crippen LogP contribution in [-0.4, -0.2) is 25.8 Å². The molecule has 1 saturated carbocycles. The number of methoxy groups -OCH3 is 1. The molecule has 4 unspecified atom stereocenters. The van der Waals surface area contributed by atoms with E-state index in [0.717, 1.165) is 17.9 Å². The Hall–Kier alpha value is -0.0800. The summed E-state index contributed by atoms with van der Waals surface area (Å²) in [7, 11) is 1.83. The minimum absolute atomic E-state index is 0.404. The van der Waals surface area contributed by atoms with Crippen LogP contribution in [0.1, 0.15) is 59.3 Å². The quantitative estimate of drug-likeness (QED) is 0.735. The molecular formula is C15H31NO. The molecule has 2 heteroatoms. The van der Waals surface area contributed by atoms with Gasteiger partial charge in [-0.25, -0.2) is 0 Å². The average molecular weight is 241 g/mol. The van der Waals surface area contributed by atoms with Crippen LogP contribution in [-0.2, 0) is 4.74 Å². The molecule has 0 spiro atoms. The summed E-state index contributed by atoms with van der Waals surface area (Å²) in [6.45, 7) is 7.95. The van der Waals surface area contributed by atoms with Crippen LogP contribution in [0.5, 0.6) is 0 Å². The van der Waals surface area contributed by atoms with Gasteiger partial charge in [-0.1, -0.05) is 20.3 Å². The van der Waals surface area contributed by atoms with E-state index >= 15 is 0 Å². The van der Waals surface area contributed by atoms with Crippen LogP contribution in [0, 0.1) is 11.8 Å². The first kappa shape index (κ1) is 15.0. The standard InChI is InChI=1S/C15H31NO/c1-5-9-16-15-8-7-13(6-2)11-14(15)10-12(3)17-4/h12-16H,5-11H2,1-4H3. The highest BCUT2D eigenvalue weighted by atomic mass is 16.5. The number of nitrogens with one attached hydrogen (secondary N) is 1. The maximum Gasteiger partial charge on any atom is 0.0546 e. The average Bonchev–Trinajstić information content (AvgIpc) is 2.36. The number of rotatable bonds is 7. The van der Waals surface area contributed by atoms with E-state index in [2.05, 4.69) is 26.1 Å². The molecule has 1 fully saturated rings. The van der Waals surface area contributed by atoms with Gasteiger partial charge in [-0.3, -0.25) is 0 Å². The fourth-order valence-electron chi connectivity index (χ4n) is 3.11. The van der Waals surface area contributed by atoms with E-state index in [9.17, 15) is 0 Å². The number of hydrogen-bond acceptors (Lipinski definition) is 2. The topological polar surface area (TPSA) is 21.3 Å². The molecule has 0 radical (unpaired) electrons. The van der Waals surface area contributed by atoms with Gasteiger partial charge in [0.15, 0.2) is 0 Å².